The maximum absolute atomic E-state index is 11.8. The molecule has 29 heavy (non-hydrogen) atoms. The van der Waals surface area contributed by atoms with Crippen LogP contribution in [0.25, 0.3) is 0 Å². The van der Waals surface area contributed by atoms with Crippen molar-refractivity contribution in [2.24, 2.45) is 10.9 Å². The molecule has 1 aromatic rings. The van der Waals surface area contributed by atoms with Gasteiger partial charge < -0.3 is 25.6 Å². The number of ether oxygens (including phenoxy) is 1. The summed E-state index contributed by atoms with van der Waals surface area (Å²) in [7, 11) is 0. The van der Waals surface area contributed by atoms with Gasteiger partial charge in [-0.05, 0) is 57.6 Å². The van der Waals surface area contributed by atoms with Crippen molar-refractivity contribution in [3.8, 4) is 0 Å². The zero-order valence-electron chi connectivity index (χ0n) is 17.6. The second kappa shape index (κ2) is 10.9. The van der Waals surface area contributed by atoms with Gasteiger partial charge in [-0.15, -0.1) is 0 Å². The molecule has 1 saturated carbocycles. The fraction of sp³-hybridized carbons (Fsp3) is 0.667. The van der Waals surface area contributed by atoms with Gasteiger partial charge in [0.2, 0.25) is 0 Å². The molecule has 1 aliphatic heterocycles. The molecule has 0 spiro atoms. The lowest BCUT2D eigenvalue weighted by molar-refractivity contribution is 0.147. The van der Waals surface area contributed by atoms with Crippen molar-refractivity contribution in [1.82, 2.24) is 20.9 Å². The summed E-state index contributed by atoms with van der Waals surface area (Å²) < 4.78 is 5.03. The summed E-state index contributed by atoms with van der Waals surface area (Å²) in [5.74, 6) is 2.37. The van der Waals surface area contributed by atoms with Gasteiger partial charge in [0.15, 0.2) is 5.96 Å². The lowest BCUT2D eigenvalue weighted by atomic mass is 10.1. The monoisotopic (exact) mass is 402 g/mol. The van der Waals surface area contributed by atoms with Gasteiger partial charge in [-0.25, -0.2) is 9.78 Å². The normalized spacial score (nSPS) is 18.8. The molecule has 2 fully saturated rings. The summed E-state index contributed by atoms with van der Waals surface area (Å²) >= 11 is 0. The van der Waals surface area contributed by atoms with Gasteiger partial charge in [0, 0.05) is 31.9 Å². The van der Waals surface area contributed by atoms with Crippen LogP contribution in [0.3, 0.4) is 0 Å². The molecule has 2 heterocycles. The number of amides is 1. The Hall–Kier alpha value is -2.51. The van der Waals surface area contributed by atoms with Gasteiger partial charge in [-0.1, -0.05) is 6.07 Å². The predicted octanol–water partition coefficient (Wildman–Crippen LogP) is 2.13. The lowest BCUT2D eigenvalue weighted by Crippen LogP contribution is -2.49. The van der Waals surface area contributed by atoms with E-state index in [1.165, 1.54) is 0 Å². The number of pyridine rings is 1. The van der Waals surface area contributed by atoms with Crippen LogP contribution in [0.5, 0.6) is 0 Å². The van der Waals surface area contributed by atoms with Crippen LogP contribution in [0.4, 0.5) is 10.6 Å². The maximum Gasteiger partial charge on any atom is 0.407 e. The molecule has 0 radical (unpaired) electrons. The number of anilines is 1. The average molecular weight is 403 g/mol. The fourth-order valence-corrected chi connectivity index (χ4v) is 3.63. The summed E-state index contributed by atoms with van der Waals surface area (Å²) in [6, 6.07) is 6.46. The molecule has 8 heteroatoms. The zero-order valence-corrected chi connectivity index (χ0v) is 17.6. The van der Waals surface area contributed by atoms with Crippen LogP contribution in [-0.4, -0.2) is 61.9 Å². The number of hydrogen-bond donors (Lipinski definition) is 3. The van der Waals surface area contributed by atoms with E-state index in [0.29, 0.717) is 25.1 Å². The Morgan fingerprint density at radius 2 is 2.07 bits per heavy atom. The van der Waals surface area contributed by atoms with E-state index < -0.39 is 0 Å². The number of hydrogen-bond acceptors (Lipinski definition) is 5. The molecule has 1 aromatic heterocycles. The maximum atomic E-state index is 11.8. The lowest BCUT2D eigenvalue weighted by Gasteiger charge is -2.33. The van der Waals surface area contributed by atoms with Crippen molar-refractivity contribution in [2.45, 2.75) is 51.6 Å². The van der Waals surface area contributed by atoms with E-state index in [1.54, 1.807) is 0 Å². The minimum Gasteiger partial charge on any atom is -0.450 e. The first kappa shape index (κ1) is 21.2. The highest BCUT2D eigenvalue weighted by atomic mass is 16.5. The van der Waals surface area contributed by atoms with Crippen molar-refractivity contribution in [2.75, 3.05) is 37.7 Å². The van der Waals surface area contributed by atoms with Crippen molar-refractivity contribution >= 4 is 17.9 Å². The van der Waals surface area contributed by atoms with Gasteiger partial charge >= 0.3 is 6.09 Å². The number of guanidine groups is 1. The molecule has 1 atom stereocenters. The molecule has 1 amide bonds. The molecule has 3 N–H and O–H groups in total. The topological polar surface area (TPSA) is 90.9 Å². The number of piperidine rings is 1. The minimum absolute atomic E-state index is 0.0375. The van der Waals surface area contributed by atoms with Gasteiger partial charge in [0.1, 0.15) is 5.82 Å². The smallest absolute Gasteiger partial charge is 0.407 e. The summed E-state index contributed by atoms with van der Waals surface area (Å²) in [6.07, 6.45) is 5.85. The van der Waals surface area contributed by atoms with E-state index in [9.17, 15) is 4.79 Å². The van der Waals surface area contributed by atoms with Crippen molar-refractivity contribution in [3.63, 3.8) is 0 Å². The Morgan fingerprint density at radius 1 is 1.28 bits per heavy atom. The van der Waals surface area contributed by atoms with Gasteiger partial charge in [0.25, 0.3) is 0 Å². The van der Waals surface area contributed by atoms with Crippen molar-refractivity contribution in [3.05, 3.63) is 24.4 Å². The predicted molar refractivity (Wildman–Crippen MR) is 115 cm³/mol. The third-order valence-corrected chi connectivity index (χ3v) is 5.37. The summed E-state index contributed by atoms with van der Waals surface area (Å²) in [6.45, 7) is 7.58. The fourth-order valence-electron chi connectivity index (χ4n) is 3.63. The van der Waals surface area contributed by atoms with E-state index in [-0.39, 0.29) is 12.1 Å². The number of aliphatic imine (C=N–C) groups is 1. The van der Waals surface area contributed by atoms with Crippen LogP contribution in [0.2, 0.25) is 0 Å². The first-order chi connectivity index (χ1) is 14.2. The molecule has 0 aromatic carbocycles. The average Bonchev–Trinajstić information content (AvgIpc) is 3.58. The number of nitrogens with zero attached hydrogens (tertiary/aromatic N) is 3. The second-order valence-electron chi connectivity index (χ2n) is 7.62. The third kappa shape index (κ3) is 6.80. The Labute approximate surface area is 173 Å². The standard InChI is InChI=1S/C21H34N6O2/c1-3-22-20(24-15-18(16-8-9-16)26-21(28)29-4-2)25-17-10-13-27(14-11-17)19-7-5-6-12-23-19/h5-7,12,16-18H,3-4,8-11,13-15H2,1-2H3,(H,26,28)(H2,22,24,25). The first-order valence-corrected chi connectivity index (χ1v) is 10.8. The molecule has 3 rings (SSSR count). The van der Waals surface area contributed by atoms with E-state index in [2.05, 4.69) is 38.8 Å². The van der Waals surface area contributed by atoms with Crippen LogP contribution in [-0.2, 0) is 4.74 Å². The second-order valence-corrected chi connectivity index (χ2v) is 7.62. The van der Waals surface area contributed by atoms with Crippen LogP contribution in [0, 0.1) is 5.92 Å². The largest absolute Gasteiger partial charge is 0.450 e. The van der Waals surface area contributed by atoms with E-state index in [1.807, 2.05) is 25.3 Å². The minimum atomic E-state index is -0.348. The highest BCUT2D eigenvalue weighted by Gasteiger charge is 2.32. The Bertz CT molecular complexity index is 656. The van der Waals surface area contributed by atoms with Crippen LogP contribution < -0.4 is 20.9 Å². The SMILES string of the molecule is CCNC(=NCC(NC(=O)OCC)C1CC1)NC1CCN(c2ccccn2)CC1. The third-order valence-electron chi connectivity index (χ3n) is 5.37. The number of carbonyl (C=O) groups is 1. The number of carbonyl (C=O) groups excluding carboxylic acids is 1. The summed E-state index contributed by atoms with van der Waals surface area (Å²) in [5.41, 5.74) is 0. The molecular weight excluding hydrogens is 368 g/mol. The Kier molecular flexibility index (Phi) is 7.95. The van der Waals surface area contributed by atoms with Gasteiger partial charge in [-0.2, -0.15) is 0 Å². The molecule has 8 nitrogen and oxygen atoms in total. The Balaban J connectivity index is 1.50. The van der Waals surface area contributed by atoms with E-state index in [0.717, 1.165) is 57.1 Å². The number of aromatic nitrogens is 1. The molecule has 1 aliphatic carbocycles. The summed E-state index contributed by atoms with van der Waals surface area (Å²) in [4.78, 5) is 23.3. The molecule has 160 valence electrons. The number of rotatable bonds is 8. The number of nitrogens with one attached hydrogen (secondary N) is 3. The highest BCUT2D eigenvalue weighted by Crippen LogP contribution is 2.32. The van der Waals surface area contributed by atoms with E-state index in [4.69, 9.17) is 9.73 Å². The molecule has 2 aliphatic rings. The van der Waals surface area contributed by atoms with Gasteiger partial charge in [0.05, 0.1) is 19.2 Å². The van der Waals surface area contributed by atoms with E-state index >= 15 is 0 Å². The zero-order chi connectivity index (χ0) is 20.5. The summed E-state index contributed by atoms with van der Waals surface area (Å²) in [5, 5.41) is 9.87. The number of alkyl carbamates (subject to hydrolysis) is 1. The van der Waals surface area contributed by atoms with Crippen molar-refractivity contribution in [1.29, 1.82) is 0 Å². The quantitative estimate of drug-likeness (QED) is 0.456. The first-order valence-electron chi connectivity index (χ1n) is 10.8. The molecule has 1 unspecified atom stereocenters. The van der Waals surface area contributed by atoms with Crippen LogP contribution in [0.15, 0.2) is 29.4 Å². The van der Waals surface area contributed by atoms with Crippen LogP contribution in [0.1, 0.15) is 39.5 Å². The van der Waals surface area contributed by atoms with Crippen LogP contribution >= 0.6 is 0 Å². The Morgan fingerprint density at radius 3 is 2.69 bits per heavy atom. The molecular formula is C21H34N6O2. The van der Waals surface area contributed by atoms with Crippen molar-refractivity contribution < 1.29 is 9.53 Å². The van der Waals surface area contributed by atoms with Gasteiger partial charge in [-0.3, -0.25) is 4.99 Å². The highest BCUT2D eigenvalue weighted by molar-refractivity contribution is 5.80. The molecule has 1 saturated heterocycles. The molecule has 0 bridgehead atoms.